The Bertz CT molecular complexity index is 2050. The molecule has 0 unspecified atom stereocenters. The van der Waals surface area contributed by atoms with E-state index in [2.05, 4.69) is 6.07 Å². The summed E-state index contributed by atoms with van der Waals surface area (Å²) in [6.07, 6.45) is 0. The molecule has 0 fully saturated rings. The molecule has 8 rings (SSSR count). The van der Waals surface area contributed by atoms with Crippen LogP contribution in [0.4, 0.5) is 0 Å². The summed E-state index contributed by atoms with van der Waals surface area (Å²) in [6.45, 7) is 0. The molecule has 0 N–H and O–H groups in total. The Balaban J connectivity index is 1.21. The van der Waals surface area contributed by atoms with Crippen LogP contribution in [-0.4, -0.2) is 34.9 Å². The molecule has 0 aliphatic carbocycles. The average Bonchev–Trinajstić information content (AvgIpc) is 3.19. The molecule has 7 nitrogen and oxygen atoms in total. The van der Waals surface area contributed by atoms with Gasteiger partial charge < -0.3 is 0 Å². The lowest BCUT2D eigenvalue weighted by Crippen LogP contribution is -2.01. The normalized spacial score (nSPS) is 10.9. The highest BCUT2D eigenvalue weighted by Gasteiger charge is 2.16. The van der Waals surface area contributed by atoms with E-state index >= 15 is 0 Å². The van der Waals surface area contributed by atoms with E-state index in [0.717, 1.165) is 39.1 Å². The Morgan fingerprint density at radius 1 is 0.208 bits per heavy atom. The van der Waals surface area contributed by atoms with Crippen molar-refractivity contribution in [1.82, 2.24) is 34.9 Å². The van der Waals surface area contributed by atoms with Crippen LogP contribution in [-0.2, 0) is 0 Å². The summed E-state index contributed by atoms with van der Waals surface area (Å²) in [6, 6.07) is 53.8. The molecule has 0 spiro atoms. The Kier molecular flexibility index (Phi) is 7.74. The first-order valence-corrected chi connectivity index (χ1v) is 15.6. The van der Waals surface area contributed by atoms with Crippen LogP contribution in [0.1, 0.15) is 0 Å². The van der Waals surface area contributed by atoms with Crippen molar-refractivity contribution in [2.75, 3.05) is 0 Å². The van der Waals surface area contributed by atoms with Gasteiger partial charge >= 0.3 is 0 Å². The van der Waals surface area contributed by atoms with E-state index in [1.54, 1.807) is 0 Å². The van der Waals surface area contributed by atoms with E-state index < -0.39 is 0 Å². The zero-order valence-electron chi connectivity index (χ0n) is 25.7. The molecule has 48 heavy (non-hydrogen) atoms. The predicted molar refractivity (Wildman–Crippen MR) is 189 cm³/mol. The summed E-state index contributed by atoms with van der Waals surface area (Å²) in [7, 11) is 0. The quantitative estimate of drug-likeness (QED) is 0.176. The summed E-state index contributed by atoms with van der Waals surface area (Å²) in [4.78, 5) is 34.2. The van der Waals surface area contributed by atoms with E-state index in [4.69, 9.17) is 34.9 Å². The number of hydrogen-bond acceptors (Lipinski definition) is 7. The maximum Gasteiger partial charge on any atom is 0.182 e. The third-order valence-electron chi connectivity index (χ3n) is 7.79. The highest BCUT2D eigenvalue weighted by Crippen LogP contribution is 2.29. The van der Waals surface area contributed by atoms with Crippen LogP contribution in [0.3, 0.4) is 0 Å². The minimum atomic E-state index is 0.498. The average molecular weight is 618 g/mol. The van der Waals surface area contributed by atoms with Gasteiger partial charge in [-0.15, -0.1) is 0 Å². The van der Waals surface area contributed by atoms with Crippen molar-refractivity contribution in [2.45, 2.75) is 0 Å². The fourth-order valence-corrected chi connectivity index (χ4v) is 5.40. The van der Waals surface area contributed by atoms with Gasteiger partial charge in [-0.1, -0.05) is 146 Å². The zero-order chi connectivity index (χ0) is 32.1. The lowest BCUT2D eigenvalue weighted by Gasteiger charge is -2.10. The maximum absolute atomic E-state index is 5.04. The third kappa shape index (κ3) is 6.08. The fourth-order valence-electron chi connectivity index (χ4n) is 5.40. The standard InChI is InChI=1S/C41H27N7/c1-5-15-28(16-6-1)36-43-37(29-17-7-2-8-18-29)46-40(45-36)33-24-13-23-32(27-33)34-25-14-26-35(42-34)41-47-38(30-19-9-3-10-20-30)44-39(48-41)31-21-11-4-12-22-31/h1-27H. The first-order chi connectivity index (χ1) is 23.8. The molecule has 0 saturated carbocycles. The summed E-state index contributed by atoms with van der Waals surface area (Å²) in [5.41, 5.74) is 6.85. The smallest absolute Gasteiger partial charge is 0.182 e. The van der Waals surface area contributed by atoms with Crippen LogP contribution in [0.2, 0.25) is 0 Å². The van der Waals surface area contributed by atoms with Crippen molar-refractivity contribution in [1.29, 1.82) is 0 Å². The lowest BCUT2D eigenvalue weighted by atomic mass is 10.1. The van der Waals surface area contributed by atoms with Crippen LogP contribution in [0.15, 0.2) is 164 Å². The Labute approximate surface area is 277 Å². The minimum absolute atomic E-state index is 0.498. The molecule has 0 aliphatic rings. The molecule has 0 radical (unpaired) electrons. The molecule has 0 atom stereocenters. The molecule has 3 aromatic heterocycles. The van der Waals surface area contributed by atoms with Crippen molar-refractivity contribution in [3.8, 4) is 79.7 Å². The summed E-state index contributed by atoms with van der Waals surface area (Å²) in [5, 5.41) is 0. The van der Waals surface area contributed by atoms with Gasteiger partial charge in [0.05, 0.1) is 5.69 Å². The minimum Gasteiger partial charge on any atom is -0.244 e. The van der Waals surface area contributed by atoms with Gasteiger partial charge in [-0.25, -0.2) is 34.9 Å². The molecule has 5 aromatic carbocycles. The van der Waals surface area contributed by atoms with Crippen LogP contribution >= 0.6 is 0 Å². The van der Waals surface area contributed by atoms with E-state index in [9.17, 15) is 0 Å². The molecule has 3 heterocycles. The van der Waals surface area contributed by atoms with Gasteiger partial charge in [0, 0.05) is 33.4 Å². The van der Waals surface area contributed by atoms with E-state index in [-0.39, 0.29) is 0 Å². The second-order valence-electron chi connectivity index (χ2n) is 11.1. The largest absolute Gasteiger partial charge is 0.244 e. The van der Waals surface area contributed by atoms with Gasteiger partial charge in [0.2, 0.25) is 0 Å². The highest BCUT2D eigenvalue weighted by atomic mass is 15.1. The van der Waals surface area contributed by atoms with Crippen molar-refractivity contribution >= 4 is 0 Å². The van der Waals surface area contributed by atoms with Crippen molar-refractivity contribution < 1.29 is 0 Å². The first-order valence-electron chi connectivity index (χ1n) is 15.6. The first kappa shape index (κ1) is 28.7. The molecular weight excluding hydrogens is 591 g/mol. The summed E-state index contributed by atoms with van der Waals surface area (Å²) in [5.74, 6) is 3.49. The lowest BCUT2D eigenvalue weighted by molar-refractivity contribution is 1.06. The Hall–Kier alpha value is -6.73. The van der Waals surface area contributed by atoms with E-state index in [1.165, 1.54) is 0 Å². The molecular formula is C41H27N7. The van der Waals surface area contributed by atoms with Crippen molar-refractivity contribution in [3.63, 3.8) is 0 Å². The summed E-state index contributed by atoms with van der Waals surface area (Å²) >= 11 is 0. The van der Waals surface area contributed by atoms with Crippen LogP contribution in [0, 0.1) is 0 Å². The second kappa shape index (κ2) is 12.9. The Morgan fingerprint density at radius 3 is 0.958 bits per heavy atom. The number of benzene rings is 5. The third-order valence-corrected chi connectivity index (χ3v) is 7.79. The number of rotatable bonds is 7. The van der Waals surface area contributed by atoms with Crippen LogP contribution < -0.4 is 0 Å². The molecule has 226 valence electrons. The zero-order valence-corrected chi connectivity index (χ0v) is 25.7. The number of aromatic nitrogens is 7. The Morgan fingerprint density at radius 2 is 0.521 bits per heavy atom. The van der Waals surface area contributed by atoms with Gasteiger partial charge in [0.1, 0.15) is 5.69 Å². The molecule has 8 aromatic rings. The van der Waals surface area contributed by atoms with Gasteiger partial charge in [-0.05, 0) is 18.2 Å². The summed E-state index contributed by atoms with van der Waals surface area (Å²) < 4.78 is 0. The SMILES string of the molecule is c1ccc(-c2nc(-c3ccccc3)nc(-c3cccc(-c4cccc(-c5nc(-c6ccccc6)nc(-c6ccccc6)n5)n4)c3)n2)cc1. The molecule has 0 amide bonds. The number of nitrogens with zero attached hydrogens (tertiary/aromatic N) is 7. The number of pyridine rings is 1. The second-order valence-corrected chi connectivity index (χ2v) is 11.1. The van der Waals surface area contributed by atoms with Crippen molar-refractivity contribution in [2.24, 2.45) is 0 Å². The monoisotopic (exact) mass is 617 g/mol. The van der Waals surface area contributed by atoms with Gasteiger partial charge in [-0.2, -0.15) is 0 Å². The topological polar surface area (TPSA) is 90.2 Å². The molecule has 7 heteroatoms. The van der Waals surface area contributed by atoms with Crippen LogP contribution in [0.25, 0.3) is 79.7 Å². The maximum atomic E-state index is 5.04. The number of hydrogen-bond donors (Lipinski definition) is 0. The highest BCUT2D eigenvalue weighted by molar-refractivity contribution is 5.72. The van der Waals surface area contributed by atoms with Gasteiger partial charge in [0.25, 0.3) is 0 Å². The van der Waals surface area contributed by atoms with E-state index in [1.807, 2.05) is 158 Å². The van der Waals surface area contributed by atoms with Gasteiger partial charge in [-0.3, -0.25) is 0 Å². The molecule has 0 saturated heterocycles. The van der Waals surface area contributed by atoms with Crippen LogP contribution in [0.5, 0.6) is 0 Å². The molecule has 0 aliphatic heterocycles. The van der Waals surface area contributed by atoms with E-state index in [0.29, 0.717) is 40.6 Å². The fraction of sp³-hybridized carbons (Fsp3) is 0. The van der Waals surface area contributed by atoms with Gasteiger partial charge in [0.15, 0.2) is 34.9 Å². The molecule has 0 bridgehead atoms. The van der Waals surface area contributed by atoms with Crippen molar-refractivity contribution in [3.05, 3.63) is 164 Å². The predicted octanol–water partition coefficient (Wildman–Crippen LogP) is 9.12.